The van der Waals surface area contributed by atoms with Crippen LogP contribution in [-0.2, 0) is 0 Å². The van der Waals surface area contributed by atoms with Gasteiger partial charge in [0.1, 0.15) is 0 Å². The number of nitriles is 1. The molecule has 11 aromatic rings. The Hall–Kier alpha value is -7.93. The van der Waals surface area contributed by atoms with Gasteiger partial charge in [0, 0.05) is 32.8 Å². The number of nitrogens with zero attached hydrogens (tertiary/aromatic N) is 3. The molecule has 0 amide bonds. The molecular weight excluding hydrogens is 703 g/mol. The van der Waals surface area contributed by atoms with Gasteiger partial charge < -0.3 is 9.13 Å². The van der Waals surface area contributed by atoms with Crippen LogP contribution in [0.15, 0.2) is 212 Å². The fourth-order valence-electron chi connectivity index (χ4n) is 8.90. The van der Waals surface area contributed by atoms with E-state index >= 15 is 0 Å². The standard InChI is InChI=1S/C55H35N3/c56-36-37-13-11-18-43(33-37)46-21-12-24-54-55(46)49-35-42(28-32-53(49)57(54)44-29-25-39(26-30-44)38-14-3-1-4-15-38)41-27-31-52-48(34-41)47-20-8-10-23-51(47)58(52)50-22-9-7-19-45(50)40-16-5-2-6-17-40/h1-35H. The van der Waals surface area contributed by atoms with Gasteiger partial charge in [0.05, 0.1) is 39.4 Å². The minimum atomic E-state index is 0.647. The first-order valence-electron chi connectivity index (χ1n) is 19.7. The Morgan fingerprint density at radius 3 is 1.66 bits per heavy atom. The van der Waals surface area contributed by atoms with Crippen molar-refractivity contribution < 1.29 is 0 Å². The molecule has 58 heavy (non-hydrogen) atoms. The van der Waals surface area contributed by atoms with Crippen molar-refractivity contribution in [1.29, 1.82) is 5.26 Å². The zero-order valence-electron chi connectivity index (χ0n) is 31.5. The summed E-state index contributed by atoms with van der Waals surface area (Å²) in [5.74, 6) is 0. The molecule has 0 atom stereocenters. The minimum Gasteiger partial charge on any atom is -0.309 e. The van der Waals surface area contributed by atoms with Gasteiger partial charge in [0.15, 0.2) is 0 Å². The predicted molar refractivity (Wildman–Crippen MR) is 242 cm³/mol. The third kappa shape index (κ3) is 5.43. The Labute approximate surface area is 336 Å². The van der Waals surface area contributed by atoms with E-state index in [9.17, 15) is 5.26 Å². The summed E-state index contributed by atoms with van der Waals surface area (Å²) in [4.78, 5) is 0. The van der Waals surface area contributed by atoms with Crippen LogP contribution in [-0.4, -0.2) is 9.13 Å². The van der Waals surface area contributed by atoms with Gasteiger partial charge >= 0.3 is 0 Å². The largest absolute Gasteiger partial charge is 0.309 e. The second-order valence-corrected chi connectivity index (χ2v) is 14.8. The maximum atomic E-state index is 9.83. The molecule has 9 aromatic carbocycles. The zero-order chi connectivity index (χ0) is 38.6. The third-order valence-electron chi connectivity index (χ3n) is 11.6. The molecule has 0 radical (unpaired) electrons. The van der Waals surface area contributed by atoms with Crippen molar-refractivity contribution in [2.24, 2.45) is 0 Å². The van der Waals surface area contributed by atoms with E-state index in [1.807, 2.05) is 18.2 Å². The molecule has 0 saturated heterocycles. The fraction of sp³-hybridized carbons (Fsp3) is 0. The average Bonchev–Trinajstić information content (AvgIpc) is 3.82. The highest BCUT2D eigenvalue weighted by molar-refractivity contribution is 6.17. The van der Waals surface area contributed by atoms with Gasteiger partial charge in [-0.3, -0.25) is 0 Å². The first-order valence-corrected chi connectivity index (χ1v) is 19.7. The summed E-state index contributed by atoms with van der Waals surface area (Å²) in [5, 5.41) is 14.6. The molecule has 0 saturated carbocycles. The summed E-state index contributed by atoms with van der Waals surface area (Å²) in [7, 11) is 0. The predicted octanol–water partition coefficient (Wildman–Crippen LogP) is 14.4. The number of fused-ring (bicyclic) bond motifs is 6. The molecule has 0 aliphatic rings. The molecule has 270 valence electrons. The number of hydrogen-bond acceptors (Lipinski definition) is 1. The zero-order valence-corrected chi connectivity index (χ0v) is 31.5. The summed E-state index contributed by atoms with van der Waals surface area (Å²) in [5.41, 5.74) is 16.7. The van der Waals surface area contributed by atoms with E-state index in [-0.39, 0.29) is 0 Å². The molecule has 11 rings (SSSR count). The lowest BCUT2D eigenvalue weighted by Crippen LogP contribution is -1.97. The summed E-state index contributed by atoms with van der Waals surface area (Å²) in [6.07, 6.45) is 0. The summed E-state index contributed by atoms with van der Waals surface area (Å²) < 4.78 is 4.79. The Morgan fingerprint density at radius 1 is 0.328 bits per heavy atom. The van der Waals surface area contributed by atoms with Crippen molar-refractivity contribution in [3.05, 3.63) is 218 Å². The normalized spacial score (nSPS) is 11.4. The smallest absolute Gasteiger partial charge is 0.0991 e. The van der Waals surface area contributed by atoms with Gasteiger partial charge in [0.25, 0.3) is 0 Å². The average molecular weight is 738 g/mol. The van der Waals surface area contributed by atoms with Gasteiger partial charge in [-0.05, 0) is 106 Å². The number of para-hydroxylation sites is 2. The first-order chi connectivity index (χ1) is 28.7. The molecular formula is C55H35N3. The molecule has 0 bridgehead atoms. The van der Waals surface area contributed by atoms with E-state index < -0.39 is 0 Å². The van der Waals surface area contributed by atoms with Crippen molar-refractivity contribution in [3.63, 3.8) is 0 Å². The highest BCUT2D eigenvalue weighted by atomic mass is 15.0. The highest BCUT2D eigenvalue weighted by Crippen LogP contribution is 2.42. The molecule has 2 heterocycles. The SMILES string of the molecule is N#Cc1cccc(-c2cccc3c2c2cc(-c4ccc5c(c4)c4ccccc4n5-c4ccccc4-c4ccccc4)ccc2n3-c2ccc(-c3ccccc3)cc2)c1. The van der Waals surface area contributed by atoms with Crippen LogP contribution in [0.5, 0.6) is 0 Å². The van der Waals surface area contributed by atoms with Crippen molar-refractivity contribution >= 4 is 43.6 Å². The van der Waals surface area contributed by atoms with E-state index in [2.05, 4.69) is 209 Å². The van der Waals surface area contributed by atoms with Gasteiger partial charge in [-0.2, -0.15) is 5.26 Å². The molecule has 2 aromatic heterocycles. The Morgan fingerprint density at radius 2 is 0.879 bits per heavy atom. The number of hydrogen-bond donors (Lipinski definition) is 0. The van der Waals surface area contributed by atoms with Gasteiger partial charge in [-0.15, -0.1) is 0 Å². The number of aromatic nitrogens is 2. The molecule has 3 heteroatoms. The van der Waals surface area contributed by atoms with Crippen molar-refractivity contribution in [2.45, 2.75) is 0 Å². The van der Waals surface area contributed by atoms with Crippen molar-refractivity contribution in [1.82, 2.24) is 9.13 Å². The second kappa shape index (κ2) is 13.7. The van der Waals surface area contributed by atoms with Gasteiger partial charge in [-0.25, -0.2) is 0 Å². The summed E-state index contributed by atoms with van der Waals surface area (Å²) >= 11 is 0. The molecule has 0 aliphatic carbocycles. The monoisotopic (exact) mass is 737 g/mol. The van der Waals surface area contributed by atoms with Gasteiger partial charge in [-0.1, -0.05) is 146 Å². The van der Waals surface area contributed by atoms with Crippen LogP contribution in [0.25, 0.3) is 99.5 Å². The topological polar surface area (TPSA) is 33.6 Å². The maximum Gasteiger partial charge on any atom is 0.0991 e. The summed E-state index contributed by atoms with van der Waals surface area (Å²) in [6.45, 7) is 0. The van der Waals surface area contributed by atoms with Crippen LogP contribution in [0.3, 0.4) is 0 Å². The lowest BCUT2D eigenvalue weighted by atomic mass is 9.96. The second-order valence-electron chi connectivity index (χ2n) is 14.8. The van der Waals surface area contributed by atoms with Crippen molar-refractivity contribution in [2.75, 3.05) is 0 Å². The maximum absolute atomic E-state index is 9.83. The third-order valence-corrected chi connectivity index (χ3v) is 11.6. The van der Waals surface area contributed by atoms with Crippen LogP contribution >= 0.6 is 0 Å². The molecule has 3 nitrogen and oxygen atoms in total. The lowest BCUT2D eigenvalue weighted by molar-refractivity contribution is 1.18. The number of benzene rings is 9. The highest BCUT2D eigenvalue weighted by Gasteiger charge is 2.19. The van der Waals surface area contributed by atoms with E-state index in [0.717, 1.165) is 55.4 Å². The quantitative estimate of drug-likeness (QED) is 0.167. The molecule has 0 N–H and O–H groups in total. The Balaban J connectivity index is 1.12. The van der Waals surface area contributed by atoms with E-state index in [1.165, 1.54) is 44.1 Å². The number of rotatable bonds is 6. The van der Waals surface area contributed by atoms with Gasteiger partial charge in [0.2, 0.25) is 0 Å². The van der Waals surface area contributed by atoms with E-state index in [0.29, 0.717) is 5.56 Å². The van der Waals surface area contributed by atoms with Crippen LogP contribution in [0.1, 0.15) is 5.56 Å². The molecule has 0 unspecified atom stereocenters. The van der Waals surface area contributed by atoms with Crippen molar-refractivity contribution in [3.8, 4) is 62.0 Å². The van der Waals surface area contributed by atoms with Crippen LogP contribution < -0.4 is 0 Å². The first kappa shape index (κ1) is 33.4. The molecule has 0 aliphatic heterocycles. The summed E-state index contributed by atoms with van der Waals surface area (Å²) in [6, 6.07) is 78.1. The van der Waals surface area contributed by atoms with Crippen LogP contribution in [0, 0.1) is 11.3 Å². The lowest BCUT2D eigenvalue weighted by Gasteiger charge is -2.14. The van der Waals surface area contributed by atoms with Crippen LogP contribution in [0.2, 0.25) is 0 Å². The Bertz CT molecular complexity index is 3380. The molecule has 0 fully saturated rings. The van der Waals surface area contributed by atoms with E-state index in [1.54, 1.807) is 0 Å². The fourth-order valence-corrected chi connectivity index (χ4v) is 8.90. The Kier molecular flexibility index (Phi) is 7.88. The molecule has 0 spiro atoms. The van der Waals surface area contributed by atoms with E-state index in [4.69, 9.17) is 0 Å². The minimum absolute atomic E-state index is 0.647. The van der Waals surface area contributed by atoms with Crippen LogP contribution in [0.4, 0.5) is 0 Å².